The highest BCUT2D eigenvalue weighted by Gasteiger charge is 2.28. The molecule has 6 heteroatoms. The van der Waals surface area contributed by atoms with Gasteiger partial charge in [-0.05, 0) is 62.1 Å². The largest absolute Gasteiger partial charge is 0.497 e. The van der Waals surface area contributed by atoms with E-state index in [1.807, 2.05) is 18.7 Å². The Morgan fingerprint density at radius 3 is 3.00 bits per heavy atom. The minimum Gasteiger partial charge on any atom is -0.497 e. The van der Waals surface area contributed by atoms with Crippen LogP contribution in [0.25, 0.3) is 0 Å². The molecule has 2 aliphatic heterocycles. The third kappa shape index (κ3) is 3.05. The van der Waals surface area contributed by atoms with E-state index in [1.165, 1.54) is 22.6 Å². The Balaban J connectivity index is 1.63. The first kappa shape index (κ1) is 16.0. The van der Waals surface area contributed by atoms with Gasteiger partial charge in [-0.3, -0.25) is 0 Å². The number of ether oxygens (including phenoxy) is 1. The van der Waals surface area contributed by atoms with Gasteiger partial charge in [0.25, 0.3) is 0 Å². The molecule has 3 heterocycles. The van der Waals surface area contributed by atoms with Gasteiger partial charge in [-0.1, -0.05) is 0 Å². The first-order valence-corrected chi connectivity index (χ1v) is 9.71. The van der Waals surface area contributed by atoms with Gasteiger partial charge in [0.2, 0.25) is 0 Å². The molecule has 5 nitrogen and oxygen atoms in total. The van der Waals surface area contributed by atoms with Crippen LogP contribution in [0.3, 0.4) is 0 Å². The Bertz CT molecular complexity index is 730. The lowest BCUT2D eigenvalue weighted by atomic mass is 9.98. The molecule has 24 heavy (non-hydrogen) atoms. The van der Waals surface area contributed by atoms with E-state index in [-0.39, 0.29) is 6.04 Å². The number of methoxy groups -OCH3 is 1. The zero-order valence-corrected chi connectivity index (χ0v) is 15.1. The van der Waals surface area contributed by atoms with Crippen LogP contribution in [-0.4, -0.2) is 27.6 Å². The van der Waals surface area contributed by atoms with Crippen molar-refractivity contribution in [3.05, 3.63) is 35.4 Å². The number of aromatic nitrogens is 3. The molecule has 0 amide bonds. The number of rotatable bonds is 3. The van der Waals surface area contributed by atoms with E-state index in [9.17, 15) is 0 Å². The summed E-state index contributed by atoms with van der Waals surface area (Å²) in [7, 11) is 1.74. The van der Waals surface area contributed by atoms with Crippen LogP contribution < -0.4 is 10.1 Å². The lowest BCUT2D eigenvalue weighted by Gasteiger charge is -2.28. The van der Waals surface area contributed by atoms with Crippen LogP contribution in [0.4, 0.5) is 0 Å². The summed E-state index contributed by atoms with van der Waals surface area (Å²) in [6.45, 7) is 2.96. The van der Waals surface area contributed by atoms with Crippen molar-refractivity contribution in [2.24, 2.45) is 0 Å². The summed E-state index contributed by atoms with van der Waals surface area (Å²) < 4.78 is 7.53. The number of nitrogens with zero attached hydrogens (tertiary/aromatic N) is 3. The third-order valence-electron chi connectivity index (χ3n) is 4.87. The maximum Gasteiger partial charge on any atom is 0.147 e. The smallest absolute Gasteiger partial charge is 0.147 e. The normalized spacial score (nSPS) is 23.2. The Labute approximate surface area is 147 Å². The van der Waals surface area contributed by atoms with Crippen molar-refractivity contribution in [3.63, 3.8) is 0 Å². The van der Waals surface area contributed by atoms with Crippen molar-refractivity contribution in [2.45, 2.75) is 56.1 Å². The third-order valence-corrected chi connectivity index (χ3v) is 6.05. The molecule has 0 fully saturated rings. The van der Waals surface area contributed by atoms with Gasteiger partial charge >= 0.3 is 0 Å². The topological polar surface area (TPSA) is 52.0 Å². The molecule has 128 valence electrons. The summed E-state index contributed by atoms with van der Waals surface area (Å²) in [6, 6.07) is 7.09. The molecule has 0 unspecified atom stereocenters. The summed E-state index contributed by atoms with van der Waals surface area (Å²) in [4.78, 5) is 6.05. The minimum atomic E-state index is 0.284. The predicted molar refractivity (Wildman–Crippen MR) is 95.6 cm³/mol. The van der Waals surface area contributed by atoms with E-state index >= 15 is 0 Å². The first-order valence-electron chi connectivity index (χ1n) is 8.73. The first-order chi connectivity index (χ1) is 11.7. The number of nitrogens with one attached hydrogen (secondary N) is 1. The van der Waals surface area contributed by atoms with Crippen molar-refractivity contribution in [2.75, 3.05) is 12.9 Å². The maximum absolute atomic E-state index is 5.46. The van der Waals surface area contributed by atoms with Crippen molar-refractivity contribution in [1.29, 1.82) is 0 Å². The maximum atomic E-state index is 5.46. The molecule has 1 N–H and O–H groups in total. The fraction of sp³-hybridized carbons (Fsp3) is 0.556. The summed E-state index contributed by atoms with van der Waals surface area (Å²) in [5, 5.41) is 8.41. The molecule has 2 aromatic rings. The quantitative estimate of drug-likeness (QED) is 0.921. The Kier molecular flexibility index (Phi) is 4.50. The zero-order chi connectivity index (χ0) is 16.5. The Hall–Kier alpha value is -1.53. The second-order valence-corrected chi connectivity index (χ2v) is 7.69. The Morgan fingerprint density at radius 1 is 1.25 bits per heavy atom. The molecule has 4 rings (SSSR count). The summed E-state index contributed by atoms with van der Waals surface area (Å²) in [5.41, 5.74) is 1.37. The van der Waals surface area contributed by atoms with E-state index in [0.29, 0.717) is 6.04 Å². The molecule has 1 aromatic carbocycles. The molecular weight excluding hydrogens is 320 g/mol. The van der Waals surface area contributed by atoms with Crippen LogP contribution in [-0.2, 0) is 6.54 Å². The number of fused-ring (bicyclic) bond motifs is 2. The summed E-state index contributed by atoms with van der Waals surface area (Å²) in [6.07, 6.45) is 4.65. The highest BCUT2D eigenvalue weighted by Crippen LogP contribution is 2.38. The van der Waals surface area contributed by atoms with Crippen molar-refractivity contribution in [3.8, 4) is 5.75 Å². The fourth-order valence-corrected chi connectivity index (χ4v) is 4.79. The van der Waals surface area contributed by atoms with E-state index in [4.69, 9.17) is 4.74 Å². The average molecular weight is 344 g/mol. The van der Waals surface area contributed by atoms with Gasteiger partial charge in [-0.2, -0.15) is 5.10 Å². The average Bonchev–Trinajstić information content (AvgIpc) is 2.87. The van der Waals surface area contributed by atoms with E-state index < -0.39 is 0 Å². The molecular formula is C18H24N4OS. The molecule has 0 bridgehead atoms. The van der Waals surface area contributed by atoms with Crippen molar-refractivity contribution >= 4 is 11.8 Å². The number of thioether (sulfide) groups is 1. The van der Waals surface area contributed by atoms with Crippen molar-refractivity contribution < 1.29 is 4.74 Å². The van der Waals surface area contributed by atoms with E-state index in [0.717, 1.165) is 43.2 Å². The minimum absolute atomic E-state index is 0.284. The summed E-state index contributed by atoms with van der Waals surface area (Å²) >= 11 is 1.96. The van der Waals surface area contributed by atoms with Gasteiger partial charge in [0.05, 0.1) is 13.2 Å². The van der Waals surface area contributed by atoms with Crippen molar-refractivity contribution in [1.82, 2.24) is 20.1 Å². The number of hydrogen-bond donors (Lipinski definition) is 1. The molecule has 2 atom stereocenters. The molecule has 0 aliphatic carbocycles. The van der Waals surface area contributed by atoms with Gasteiger partial charge < -0.3 is 10.1 Å². The predicted octanol–water partition coefficient (Wildman–Crippen LogP) is 3.65. The van der Waals surface area contributed by atoms with Crippen LogP contribution in [0, 0.1) is 6.92 Å². The van der Waals surface area contributed by atoms with Gasteiger partial charge in [0, 0.05) is 17.5 Å². The zero-order valence-electron chi connectivity index (χ0n) is 14.3. The standard InChI is InChI=1S/C18H24N4OS/c1-12-19-18-16(5-3-9-22(18)21-12)20-15-6-4-10-24-17-8-7-13(23-2)11-14(15)17/h7-8,11,15-16,20H,3-6,9-10H2,1-2H3/t15-,16+/m0/s1. The second kappa shape index (κ2) is 6.76. The summed E-state index contributed by atoms with van der Waals surface area (Å²) in [5.74, 6) is 4.08. The molecule has 1 aromatic heterocycles. The lowest BCUT2D eigenvalue weighted by Crippen LogP contribution is -2.32. The highest BCUT2D eigenvalue weighted by atomic mass is 32.2. The number of benzene rings is 1. The monoisotopic (exact) mass is 344 g/mol. The molecule has 2 aliphatic rings. The Morgan fingerprint density at radius 2 is 2.12 bits per heavy atom. The molecule has 0 spiro atoms. The van der Waals surface area contributed by atoms with Crippen LogP contribution in [0.15, 0.2) is 23.1 Å². The highest BCUT2D eigenvalue weighted by molar-refractivity contribution is 7.99. The number of hydrogen-bond acceptors (Lipinski definition) is 5. The van der Waals surface area contributed by atoms with E-state index in [2.05, 4.69) is 38.3 Å². The van der Waals surface area contributed by atoms with Crippen LogP contribution >= 0.6 is 11.8 Å². The number of aryl methyl sites for hydroxylation is 2. The van der Waals surface area contributed by atoms with Gasteiger partial charge in [-0.25, -0.2) is 9.67 Å². The van der Waals surface area contributed by atoms with E-state index in [1.54, 1.807) is 7.11 Å². The van der Waals surface area contributed by atoms with Gasteiger partial charge in [-0.15, -0.1) is 11.8 Å². The lowest BCUT2D eigenvalue weighted by molar-refractivity contribution is 0.326. The van der Waals surface area contributed by atoms with Crippen LogP contribution in [0.1, 0.15) is 55.0 Å². The van der Waals surface area contributed by atoms with Gasteiger partial charge in [0.1, 0.15) is 17.4 Å². The molecule has 0 saturated heterocycles. The molecule has 0 saturated carbocycles. The fourth-order valence-electron chi connectivity index (χ4n) is 3.72. The SMILES string of the molecule is COc1ccc2c(c1)[C@@H](N[C@@H]1CCCn3nc(C)nc31)CCCS2. The molecule has 0 radical (unpaired) electrons. The second-order valence-electron chi connectivity index (χ2n) is 6.55. The van der Waals surface area contributed by atoms with Crippen LogP contribution in [0.2, 0.25) is 0 Å². The van der Waals surface area contributed by atoms with Gasteiger partial charge in [0.15, 0.2) is 0 Å². The van der Waals surface area contributed by atoms with Crippen LogP contribution in [0.5, 0.6) is 5.75 Å².